The lowest BCUT2D eigenvalue weighted by Crippen LogP contribution is -2.64. The van der Waals surface area contributed by atoms with E-state index < -0.39 is 0 Å². The molecule has 8 aromatic rings. The minimum atomic E-state index is -0.124. The van der Waals surface area contributed by atoms with Gasteiger partial charge in [0.25, 0.3) is 20.1 Å². The fourth-order valence-electron chi connectivity index (χ4n) is 16.9. The molecule has 6 aliphatic heterocycles. The van der Waals surface area contributed by atoms with Crippen LogP contribution in [0.4, 0.5) is 0 Å². The van der Waals surface area contributed by atoms with Crippen LogP contribution >= 0.6 is 0 Å². The Hall–Kier alpha value is -7.05. The first-order valence-corrected chi connectivity index (χ1v) is 29.9. The maximum absolute atomic E-state index is 7.57. The molecule has 0 aromatic heterocycles. The van der Waals surface area contributed by atoms with Gasteiger partial charge in [0.2, 0.25) is 0 Å². The van der Waals surface area contributed by atoms with Crippen LogP contribution < -0.4 is 72.8 Å². The standard InChI is InChI=1S/C70H63B3O5/c1-39-27-40(2)66(41(3)28-39)67-48-35-58-53(71-50-23-13-15-25-56(50)74-62-31-46(33-64(76-58)69(62)71)43-19-9-5-10-20-43)36-52(48)73-55-37-54-59(38-60(55)77-61-30-45(29-49(67)68(61)73)42-17-7-4-8-18-42)78-65-34-47(44-21-11-6-12-22-44)32-63-70(65)72(54)51-24-14-16-26-57(51)75-63/h13-16,23-38,42-44,67H,4-12,17-22H2,1-3H3. The molecule has 3 fully saturated rings. The molecule has 78 heavy (non-hydrogen) atoms. The maximum atomic E-state index is 7.57. The molecule has 0 N–H and O–H groups in total. The summed E-state index contributed by atoms with van der Waals surface area (Å²) >= 11 is 0. The van der Waals surface area contributed by atoms with Crippen molar-refractivity contribution in [3.63, 3.8) is 0 Å². The van der Waals surface area contributed by atoms with Gasteiger partial charge in [-0.05, 0) is 203 Å². The van der Waals surface area contributed by atoms with E-state index in [9.17, 15) is 0 Å². The van der Waals surface area contributed by atoms with Crippen LogP contribution in [0.25, 0.3) is 0 Å². The van der Waals surface area contributed by atoms with Crippen LogP contribution in [-0.2, 0) is 0 Å². The van der Waals surface area contributed by atoms with Crippen LogP contribution in [0, 0.1) is 20.8 Å². The summed E-state index contributed by atoms with van der Waals surface area (Å²) in [5.74, 6) is 10.8. The molecule has 8 aromatic carbocycles. The molecule has 0 radical (unpaired) electrons. The number of para-hydroxylation sites is 2. The lowest BCUT2D eigenvalue weighted by molar-refractivity contribution is 0.431. The molecule has 8 heteroatoms. The lowest BCUT2D eigenvalue weighted by Gasteiger charge is -2.42. The molecular weight excluding hydrogens is 953 g/mol. The van der Waals surface area contributed by atoms with Gasteiger partial charge in [-0.2, -0.15) is 0 Å². The highest BCUT2D eigenvalue weighted by atomic mass is 16.5. The Morgan fingerprint density at radius 2 is 0.705 bits per heavy atom. The van der Waals surface area contributed by atoms with Crippen molar-refractivity contribution in [2.24, 2.45) is 0 Å². The van der Waals surface area contributed by atoms with Crippen molar-refractivity contribution in [1.82, 2.24) is 0 Å². The quantitative estimate of drug-likeness (QED) is 0.164. The van der Waals surface area contributed by atoms with E-state index in [0.29, 0.717) is 17.8 Å². The summed E-state index contributed by atoms with van der Waals surface area (Å²) in [7, 11) is 0. The Bertz CT molecular complexity index is 3860. The van der Waals surface area contributed by atoms with E-state index in [2.05, 4.69) is 142 Å². The van der Waals surface area contributed by atoms with E-state index in [0.717, 1.165) is 73.9 Å². The first-order valence-electron chi connectivity index (χ1n) is 29.9. The molecule has 6 heterocycles. The van der Waals surface area contributed by atoms with Gasteiger partial charge in [-0.25, -0.2) is 0 Å². The molecule has 9 aliphatic rings. The monoisotopic (exact) mass is 1020 g/mol. The van der Waals surface area contributed by atoms with Crippen molar-refractivity contribution in [2.75, 3.05) is 0 Å². The summed E-state index contributed by atoms with van der Waals surface area (Å²) in [6.45, 7) is 6.67. The number of benzene rings is 8. The molecule has 5 nitrogen and oxygen atoms in total. The summed E-state index contributed by atoms with van der Waals surface area (Å²) in [6.07, 6.45) is 18.8. The fourth-order valence-corrected chi connectivity index (χ4v) is 16.9. The van der Waals surface area contributed by atoms with E-state index in [1.54, 1.807) is 0 Å². The molecule has 0 saturated heterocycles. The molecule has 3 aliphatic carbocycles. The maximum Gasteiger partial charge on any atom is 0.260 e. The van der Waals surface area contributed by atoms with Crippen molar-refractivity contribution in [3.05, 3.63) is 171 Å². The Labute approximate surface area is 460 Å². The van der Waals surface area contributed by atoms with E-state index in [1.807, 2.05) is 0 Å². The van der Waals surface area contributed by atoms with Crippen LogP contribution in [0.1, 0.15) is 170 Å². The van der Waals surface area contributed by atoms with Crippen molar-refractivity contribution < 1.29 is 23.7 Å². The van der Waals surface area contributed by atoms with Gasteiger partial charge in [-0.1, -0.05) is 136 Å². The minimum absolute atomic E-state index is 0.0446. The van der Waals surface area contributed by atoms with Crippen LogP contribution in [0.3, 0.4) is 0 Å². The first-order chi connectivity index (χ1) is 38.4. The summed E-state index contributed by atoms with van der Waals surface area (Å²) in [5, 5.41) is 0. The Morgan fingerprint density at radius 1 is 0.321 bits per heavy atom. The third kappa shape index (κ3) is 6.89. The second-order valence-electron chi connectivity index (χ2n) is 25.0. The smallest absolute Gasteiger partial charge is 0.260 e. The van der Waals surface area contributed by atoms with Gasteiger partial charge in [0.1, 0.15) is 57.5 Å². The molecule has 0 amide bonds. The van der Waals surface area contributed by atoms with Crippen molar-refractivity contribution >= 4 is 69.3 Å². The van der Waals surface area contributed by atoms with Gasteiger partial charge >= 0.3 is 0 Å². The van der Waals surface area contributed by atoms with Gasteiger partial charge in [0, 0.05) is 22.9 Å². The number of rotatable bonds is 4. The normalized spacial score (nSPS) is 19.1. The molecule has 17 rings (SSSR count). The van der Waals surface area contributed by atoms with Gasteiger partial charge < -0.3 is 23.7 Å². The fraction of sp³-hybridized carbons (Fsp3) is 0.314. The summed E-state index contributed by atoms with van der Waals surface area (Å²) in [5.41, 5.74) is 22.9. The van der Waals surface area contributed by atoms with Crippen molar-refractivity contribution in [3.8, 4) is 57.5 Å². The minimum Gasteiger partial charge on any atom is -0.458 e. The van der Waals surface area contributed by atoms with Crippen molar-refractivity contribution in [2.45, 2.75) is 141 Å². The number of hydrogen-bond acceptors (Lipinski definition) is 5. The number of hydrogen-bond donors (Lipinski definition) is 0. The number of ether oxygens (including phenoxy) is 5. The molecule has 0 spiro atoms. The second kappa shape index (κ2) is 17.5. The predicted octanol–water partition coefficient (Wildman–Crippen LogP) is 12.3. The third-order valence-electron chi connectivity index (χ3n) is 20.4. The Kier molecular flexibility index (Phi) is 10.3. The molecule has 3 saturated carbocycles. The van der Waals surface area contributed by atoms with E-state index in [-0.39, 0.29) is 26.1 Å². The summed E-state index contributed by atoms with van der Waals surface area (Å²) < 4.78 is 36.2. The summed E-state index contributed by atoms with van der Waals surface area (Å²) in [6, 6.07) is 46.6. The third-order valence-corrected chi connectivity index (χ3v) is 20.4. The number of fused-ring (bicyclic) bond motifs is 12. The van der Waals surface area contributed by atoms with E-state index in [4.69, 9.17) is 23.7 Å². The molecule has 0 bridgehead atoms. The number of aryl methyl sites for hydroxylation is 3. The Balaban J connectivity index is 0.916. The average molecular weight is 1020 g/mol. The van der Waals surface area contributed by atoms with Gasteiger partial charge in [0.05, 0.1) is 0 Å². The Morgan fingerprint density at radius 3 is 1.18 bits per heavy atom. The summed E-state index contributed by atoms with van der Waals surface area (Å²) in [4.78, 5) is 0. The van der Waals surface area contributed by atoms with Crippen LogP contribution in [-0.4, -0.2) is 20.1 Å². The SMILES string of the molecule is Cc1cc(C)c(C2c3cc4c(cc3B3c5cc6c(cc5Oc5cc(C7CCCCC7)cc2c53)Oc2cc(C3CCCCC3)cc3c2B6c2ccccc2O3)B2c3ccccc3Oc3cc(C5CCCCC5)cc(c32)O4)c(C)c1. The van der Waals surface area contributed by atoms with Crippen molar-refractivity contribution in [1.29, 1.82) is 0 Å². The van der Waals surface area contributed by atoms with E-state index >= 15 is 0 Å². The van der Waals surface area contributed by atoms with Gasteiger partial charge in [-0.15, -0.1) is 0 Å². The lowest BCUT2D eigenvalue weighted by atomic mass is 9.28. The topological polar surface area (TPSA) is 46.2 Å². The molecule has 382 valence electrons. The predicted molar refractivity (Wildman–Crippen MR) is 319 cm³/mol. The zero-order valence-corrected chi connectivity index (χ0v) is 45.2. The molecular formula is C70H63B3O5. The highest BCUT2D eigenvalue weighted by molar-refractivity contribution is 7.02. The zero-order valence-electron chi connectivity index (χ0n) is 45.2. The van der Waals surface area contributed by atoms with Gasteiger partial charge in [0.15, 0.2) is 0 Å². The zero-order chi connectivity index (χ0) is 51.5. The average Bonchev–Trinajstić information content (AvgIpc) is 3.56. The first kappa shape index (κ1) is 45.9. The van der Waals surface area contributed by atoms with Crippen LogP contribution in [0.2, 0.25) is 0 Å². The highest BCUT2D eigenvalue weighted by Crippen LogP contribution is 2.48. The molecule has 1 unspecified atom stereocenters. The van der Waals surface area contributed by atoms with Gasteiger partial charge in [-0.3, -0.25) is 0 Å². The second-order valence-corrected chi connectivity index (χ2v) is 25.0. The van der Waals surface area contributed by atoms with Crippen LogP contribution in [0.5, 0.6) is 57.5 Å². The van der Waals surface area contributed by atoms with Crippen LogP contribution in [0.15, 0.2) is 121 Å². The highest BCUT2D eigenvalue weighted by Gasteiger charge is 2.50. The van der Waals surface area contributed by atoms with E-state index in [1.165, 1.54) is 179 Å². The largest absolute Gasteiger partial charge is 0.458 e. The molecule has 1 atom stereocenters.